The van der Waals surface area contributed by atoms with E-state index in [1.54, 1.807) is 24.3 Å². The van der Waals surface area contributed by atoms with Gasteiger partial charge in [0, 0.05) is 23.8 Å². The van der Waals surface area contributed by atoms with Crippen molar-refractivity contribution in [3.05, 3.63) is 34.9 Å². The Morgan fingerprint density at radius 3 is 2.70 bits per heavy atom. The minimum atomic E-state index is -3.34. The third kappa shape index (κ3) is 2.56. The van der Waals surface area contributed by atoms with Crippen LogP contribution in [0.3, 0.4) is 0 Å². The summed E-state index contributed by atoms with van der Waals surface area (Å²) < 4.78 is 29.3. The van der Waals surface area contributed by atoms with E-state index in [0.29, 0.717) is 11.6 Å². The lowest BCUT2D eigenvalue weighted by atomic mass is 10.0. The van der Waals surface area contributed by atoms with Crippen LogP contribution in [0.15, 0.2) is 24.3 Å². The third-order valence-electron chi connectivity index (χ3n) is 3.68. The Kier molecular flexibility index (Phi) is 4.10. The highest BCUT2D eigenvalue weighted by molar-refractivity contribution is 7.91. The normalized spacial score (nSPS) is 28.9. The van der Waals surface area contributed by atoms with Crippen LogP contribution in [0.4, 0.5) is 0 Å². The highest BCUT2D eigenvalue weighted by Gasteiger charge is 2.71. The number of sulfone groups is 1. The minimum absolute atomic E-state index is 0.120. The molecule has 1 aliphatic rings. The first-order valence-corrected chi connectivity index (χ1v) is 8.63. The van der Waals surface area contributed by atoms with Crippen LogP contribution in [0, 0.1) is 16.7 Å². The molecule has 0 radical (unpaired) electrons. The number of rotatable bonds is 5. The van der Waals surface area contributed by atoms with Gasteiger partial charge in [-0.15, -0.1) is 0 Å². The van der Waals surface area contributed by atoms with Crippen molar-refractivity contribution in [1.29, 1.82) is 5.26 Å². The summed E-state index contributed by atoms with van der Waals surface area (Å²) in [5.41, 5.74) is -0.233. The molecule has 0 bridgehead atoms. The average Bonchev–Trinajstić information content (AvgIpc) is 3.06. The zero-order valence-corrected chi connectivity index (χ0v) is 12.9. The SMILES string of the molecule is CCOCC1(C#N)C(c2cccc(Cl)c2)C1S(C)(=O)=O. The van der Waals surface area contributed by atoms with Crippen molar-refractivity contribution in [2.75, 3.05) is 19.5 Å². The first-order valence-electron chi connectivity index (χ1n) is 6.30. The van der Waals surface area contributed by atoms with Crippen molar-refractivity contribution in [1.82, 2.24) is 0 Å². The lowest BCUT2D eigenvalue weighted by Gasteiger charge is -2.08. The molecular formula is C14H16ClNO3S. The molecule has 3 unspecified atom stereocenters. The zero-order chi connectivity index (χ0) is 15.0. The van der Waals surface area contributed by atoms with Crippen molar-refractivity contribution < 1.29 is 13.2 Å². The maximum absolute atomic E-state index is 12.0. The Balaban J connectivity index is 2.43. The number of ether oxygens (including phenoxy) is 1. The Morgan fingerprint density at radius 2 is 2.20 bits per heavy atom. The van der Waals surface area contributed by atoms with Gasteiger partial charge in [0.2, 0.25) is 0 Å². The van der Waals surface area contributed by atoms with E-state index in [0.717, 1.165) is 5.56 Å². The van der Waals surface area contributed by atoms with E-state index < -0.39 is 20.5 Å². The summed E-state index contributed by atoms with van der Waals surface area (Å²) in [6, 6.07) is 9.17. The predicted octanol–water partition coefficient (Wildman–Crippen LogP) is 2.40. The van der Waals surface area contributed by atoms with Gasteiger partial charge in [-0.1, -0.05) is 23.7 Å². The molecule has 0 saturated heterocycles. The molecule has 0 spiro atoms. The lowest BCUT2D eigenvalue weighted by Crippen LogP contribution is -2.18. The zero-order valence-electron chi connectivity index (χ0n) is 11.3. The molecular weight excluding hydrogens is 298 g/mol. The van der Waals surface area contributed by atoms with Gasteiger partial charge >= 0.3 is 0 Å². The summed E-state index contributed by atoms with van der Waals surface area (Å²) >= 11 is 5.96. The highest BCUT2D eigenvalue weighted by Crippen LogP contribution is 2.62. The Morgan fingerprint density at radius 1 is 1.50 bits per heavy atom. The molecule has 1 fully saturated rings. The van der Waals surface area contributed by atoms with Gasteiger partial charge in [0.25, 0.3) is 0 Å². The van der Waals surface area contributed by atoms with Crippen molar-refractivity contribution in [2.24, 2.45) is 5.41 Å². The van der Waals surface area contributed by atoms with Gasteiger partial charge in [0.1, 0.15) is 5.41 Å². The van der Waals surface area contributed by atoms with Gasteiger partial charge in [0.15, 0.2) is 9.84 Å². The van der Waals surface area contributed by atoms with Gasteiger partial charge in [-0.25, -0.2) is 8.42 Å². The molecule has 0 N–H and O–H groups in total. The lowest BCUT2D eigenvalue weighted by molar-refractivity contribution is 0.117. The number of hydrogen-bond acceptors (Lipinski definition) is 4. The smallest absolute Gasteiger partial charge is 0.152 e. The van der Waals surface area contributed by atoms with Gasteiger partial charge in [-0.2, -0.15) is 5.26 Å². The minimum Gasteiger partial charge on any atom is -0.380 e. The van der Waals surface area contributed by atoms with E-state index in [9.17, 15) is 13.7 Å². The summed E-state index contributed by atoms with van der Waals surface area (Å²) in [6.07, 6.45) is 1.17. The second-order valence-corrected chi connectivity index (χ2v) is 7.68. The predicted molar refractivity (Wildman–Crippen MR) is 77.4 cm³/mol. The maximum atomic E-state index is 12.0. The Bertz CT molecular complexity index is 653. The van der Waals surface area contributed by atoms with E-state index in [1.165, 1.54) is 6.26 Å². The van der Waals surface area contributed by atoms with Gasteiger partial charge in [-0.05, 0) is 24.6 Å². The fraction of sp³-hybridized carbons (Fsp3) is 0.500. The van der Waals surface area contributed by atoms with Gasteiger partial charge < -0.3 is 4.74 Å². The quantitative estimate of drug-likeness (QED) is 0.837. The standard InChI is InChI=1S/C14H16ClNO3S/c1-3-19-9-14(8-16)12(13(14)20(2,17)18)10-5-4-6-11(15)7-10/h4-7,12-13H,3,9H2,1-2H3. The third-order valence-corrected chi connectivity index (χ3v) is 5.53. The molecule has 0 heterocycles. The van der Waals surface area contributed by atoms with E-state index in [2.05, 4.69) is 6.07 Å². The van der Waals surface area contributed by atoms with Crippen LogP contribution in [0.25, 0.3) is 0 Å². The molecule has 6 heteroatoms. The highest BCUT2D eigenvalue weighted by atomic mass is 35.5. The van der Waals surface area contributed by atoms with E-state index >= 15 is 0 Å². The number of hydrogen-bond donors (Lipinski definition) is 0. The molecule has 0 aromatic heterocycles. The first kappa shape index (κ1) is 15.3. The van der Waals surface area contributed by atoms with Crippen LogP contribution in [-0.4, -0.2) is 33.1 Å². The van der Waals surface area contributed by atoms with E-state index in [4.69, 9.17) is 16.3 Å². The van der Waals surface area contributed by atoms with Crippen LogP contribution >= 0.6 is 11.6 Å². The summed E-state index contributed by atoms with van der Waals surface area (Å²) in [5.74, 6) is -0.382. The maximum Gasteiger partial charge on any atom is 0.152 e. The molecule has 20 heavy (non-hydrogen) atoms. The van der Waals surface area contributed by atoms with Crippen LogP contribution in [0.1, 0.15) is 18.4 Å². The molecule has 0 aliphatic heterocycles. The molecule has 1 aromatic carbocycles. The molecule has 1 saturated carbocycles. The van der Waals surface area contributed by atoms with Crippen molar-refractivity contribution in [2.45, 2.75) is 18.1 Å². The largest absolute Gasteiger partial charge is 0.380 e. The van der Waals surface area contributed by atoms with Gasteiger partial charge in [0.05, 0.1) is 17.9 Å². The molecule has 2 rings (SSSR count). The van der Waals surface area contributed by atoms with Crippen molar-refractivity contribution in [3.63, 3.8) is 0 Å². The monoisotopic (exact) mass is 313 g/mol. The summed E-state index contributed by atoms with van der Waals surface area (Å²) in [7, 11) is -3.34. The van der Waals surface area contributed by atoms with Crippen molar-refractivity contribution >= 4 is 21.4 Å². The van der Waals surface area contributed by atoms with Crippen LogP contribution < -0.4 is 0 Å². The van der Waals surface area contributed by atoms with Crippen molar-refractivity contribution in [3.8, 4) is 6.07 Å². The molecule has 1 aromatic rings. The second-order valence-electron chi connectivity index (χ2n) is 5.07. The van der Waals surface area contributed by atoms with Crippen LogP contribution in [0.5, 0.6) is 0 Å². The van der Waals surface area contributed by atoms with E-state index in [1.807, 2.05) is 6.92 Å². The number of halogens is 1. The van der Waals surface area contributed by atoms with E-state index in [-0.39, 0.29) is 12.5 Å². The molecule has 108 valence electrons. The Hall–Kier alpha value is -1.09. The summed E-state index contributed by atoms with van der Waals surface area (Å²) in [5, 5.41) is 9.29. The van der Waals surface area contributed by atoms with Crippen LogP contribution in [-0.2, 0) is 14.6 Å². The summed E-state index contributed by atoms with van der Waals surface area (Å²) in [6.45, 7) is 2.38. The molecule has 4 nitrogen and oxygen atoms in total. The fourth-order valence-corrected chi connectivity index (χ4v) is 4.86. The molecule has 3 atom stereocenters. The average molecular weight is 314 g/mol. The number of nitrogens with zero attached hydrogens (tertiary/aromatic N) is 1. The van der Waals surface area contributed by atoms with Crippen LogP contribution in [0.2, 0.25) is 5.02 Å². The second kappa shape index (κ2) is 5.36. The number of nitriles is 1. The molecule has 0 amide bonds. The summed E-state index contributed by atoms with van der Waals surface area (Å²) in [4.78, 5) is 0. The first-order chi connectivity index (χ1) is 9.36. The Labute approximate surface area is 124 Å². The number of benzene rings is 1. The topological polar surface area (TPSA) is 67.2 Å². The fourth-order valence-electron chi connectivity index (χ4n) is 2.81. The van der Waals surface area contributed by atoms with Gasteiger partial charge in [-0.3, -0.25) is 0 Å². The molecule has 1 aliphatic carbocycles.